The van der Waals surface area contributed by atoms with E-state index in [1.165, 1.54) is 42.0 Å². The maximum absolute atomic E-state index is 12.2. The molecule has 3 aromatic rings. The second kappa shape index (κ2) is 8.86. The van der Waals surface area contributed by atoms with Crippen LogP contribution >= 0.6 is 0 Å². The molecule has 2 aromatic carbocycles. The van der Waals surface area contributed by atoms with E-state index < -0.39 is 0 Å². The highest BCUT2D eigenvalue weighted by molar-refractivity contribution is 6.02. The molecule has 1 saturated heterocycles. The van der Waals surface area contributed by atoms with E-state index >= 15 is 0 Å². The molecule has 2 heterocycles. The average Bonchev–Trinajstić information content (AvgIpc) is 3.23. The molecule has 1 aliphatic carbocycles. The summed E-state index contributed by atoms with van der Waals surface area (Å²) in [6, 6.07) is 18.0. The van der Waals surface area contributed by atoms with Crippen molar-refractivity contribution in [1.29, 1.82) is 0 Å². The Kier molecular flexibility index (Phi) is 5.63. The molecule has 1 amide bonds. The van der Waals surface area contributed by atoms with Crippen molar-refractivity contribution >= 4 is 17.3 Å². The first-order valence-electron chi connectivity index (χ1n) is 11.0. The van der Waals surface area contributed by atoms with E-state index in [2.05, 4.69) is 61.9 Å². The van der Waals surface area contributed by atoms with Crippen molar-refractivity contribution in [3.63, 3.8) is 0 Å². The van der Waals surface area contributed by atoms with Crippen molar-refractivity contribution < 1.29 is 4.79 Å². The van der Waals surface area contributed by atoms with Crippen LogP contribution in [-0.2, 0) is 6.42 Å². The summed E-state index contributed by atoms with van der Waals surface area (Å²) in [4.78, 5) is 22.6. The van der Waals surface area contributed by atoms with Gasteiger partial charge in [0.2, 0.25) is 0 Å². The van der Waals surface area contributed by atoms with Crippen LogP contribution in [0.3, 0.4) is 0 Å². The average molecular weight is 414 g/mol. The van der Waals surface area contributed by atoms with Gasteiger partial charge in [-0.3, -0.25) is 9.78 Å². The zero-order chi connectivity index (χ0) is 21.0. The molecule has 31 heavy (non-hydrogen) atoms. The Labute approximate surface area is 182 Å². The number of piperidine rings is 1. The fourth-order valence-electron chi connectivity index (χ4n) is 4.69. The Morgan fingerprint density at radius 1 is 0.968 bits per heavy atom. The summed E-state index contributed by atoms with van der Waals surface area (Å²) in [6.45, 7) is 2.08. The van der Waals surface area contributed by atoms with Crippen molar-refractivity contribution in [3.8, 4) is 0 Å². The highest BCUT2D eigenvalue weighted by atomic mass is 16.1. The fraction of sp³-hybridized carbons (Fsp3) is 0.320. The molecule has 6 nitrogen and oxygen atoms in total. The number of amides is 1. The molecule has 1 atom stereocenters. The Hall–Kier alpha value is -3.25. The van der Waals surface area contributed by atoms with Crippen LogP contribution in [0.4, 0.5) is 11.4 Å². The lowest BCUT2D eigenvalue weighted by atomic mass is 10.0. The fourth-order valence-corrected chi connectivity index (χ4v) is 4.69. The number of hydrogen-bond acceptors (Lipinski definition) is 5. The quantitative estimate of drug-likeness (QED) is 0.662. The predicted octanol–water partition coefficient (Wildman–Crippen LogP) is 3.97. The molecule has 0 bridgehead atoms. The Balaban J connectivity index is 1.14. The zero-order valence-corrected chi connectivity index (χ0v) is 17.5. The number of hydrogen-bond donors (Lipinski definition) is 2. The lowest BCUT2D eigenvalue weighted by Crippen LogP contribution is -2.43. The van der Waals surface area contributed by atoms with Crippen LogP contribution in [0.25, 0.3) is 0 Å². The van der Waals surface area contributed by atoms with Gasteiger partial charge >= 0.3 is 0 Å². The largest absolute Gasteiger partial charge is 0.371 e. The lowest BCUT2D eigenvalue weighted by Gasteiger charge is -2.35. The molecule has 158 valence electrons. The van der Waals surface area contributed by atoms with Gasteiger partial charge in [-0.15, -0.1) is 0 Å². The van der Waals surface area contributed by atoms with E-state index in [4.69, 9.17) is 0 Å². The summed E-state index contributed by atoms with van der Waals surface area (Å²) in [5.41, 5.74) is 5.26. The van der Waals surface area contributed by atoms with E-state index in [-0.39, 0.29) is 5.91 Å². The van der Waals surface area contributed by atoms with E-state index in [0.717, 1.165) is 31.6 Å². The van der Waals surface area contributed by atoms with Crippen molar-refractivity contribution in [3.05, 3.63) is 83.9 Å². The van der Waals surface area contributed by atoms with Crippen molar-refractivity contribution in [1.82, 2.24) is 15.3 Å². The molecule has 2 aliphatic rings. The molecule has 1 unspecified atom stereocenters. The minimum absolute atomic E-state index is 0.249. The number of carbonyl (C=O) groups excluding carboxylic acids is 1. The van der Waals surface area contributed by atoms with Gasteiger partial charge in [0, 0.05) is 48.9 Å². The van der Waals surface area contributed by atoms with Gasteiger partial charge in [0.05, 0.1) is 6.20 Å². The molecule has 0 saturated carbocycles. The molecule has 6 heteroatoms. The number of benzene rings is 2. The third-order valence-electron chi connectivity index (χ3n) is 6.35. The van der Waals surface area contributed by atoms with Crippen LogP contribution in [0.1, 0.15) is 46.9 Å². The van der Waals surface area contributed by atoms with E-state index in [9.17, 15) is 4.79 Å². The van der Waals surface area contributed by atoms with Gasteiger partial charge in [0.15, 0.2) is 0 Å². The minimum atomic E-state index is -0.249. The molecule has 2 N–H and O–H groups in total. The number of anilines is 2. The standard InChI is InChI=1S/C25H27N5O/c31-25(24-17-26-13-14-27-24)29-19-6-8-21(9-7-19)30-15-11-20(12-16-30)28-23-10-5-18-3-1-2-4-22(18)23/h1-4,6-9,13-14,17,20,23,28H,5,10-12,15-16H2,(H,29,31). The normalized spacial score (nSPS) is 18.6. The molecule has 0 spiro atoms. The van der Waals surface area contributed by atoms with Crippen molar-refractivity contribution in [2.75, 3.05) is 23.3 Å². The number of nitrogens with one attached hydrogen (secondary N) is 2. The highest BCUT2D eigenvalue weighted by Gasteiger charge is 2.26. The predicted molar refractivity (Wildman–Crippen MR) is 122 cm³/mol. The first kappa shape index (κ1) is 19.7. The van der Waals surface area contributed by atoms with Gasteiger partial charge in [0.1, 0.15) is 5.69 Å². The molecular weight excluding hydrogens is 386 g/mol. The highest BCUT2D eigenvalue weighted by Crippen LogP contribution is 2.32. The summed E-state index contributed by atoms with van der Waals surface area (Å²) in [6.07, 6.45) is 9.21. The van der Waals surface area contributed by atoms with Crippen molar-refractivity contribution in [2.24, 2.45) is 0 Å². The third-order valence-corrected chi connectivity index (χ3v) is 6.35. The first-order chi connectivity index (χ1) is 15.3. The number of carbonyl (C=O) groups is 1. The van der Waals surface area contributed by atoms with Crippen LogP contribution in [0, 0.1) is 0 Å². The molecule has 5 rings (SSSR count). The van der Waals surface area contributed by atoms with E-state index in [0.29, 0.717) is 17.8 Å². The number of aromatic nitrogens is 2. The number of aryl methyl sites for hydroxylation is 1. The third kappa shape index (κ3) is 4.44. The maximum atomic E-state index is 12.2. The second-order valence-corrected chi connectivity index (χ2v) is 8.31. The van der Waals surface area contributed by atoms with Crippen LogP contribution in [0.2, 0.25) is 0 Å². The summed E-state index contributed by atoms with van der Waals surface area (Å²) in [7, 11) is 0. The van der Waals surface area contributed by atoms with Crippen LogP contribution < -0.4 is 15.5 Å². The lowest BCUT2D eigenvalue weighted by molar-refractivity contribution is 0.102. The van der Waals surface area contributed by atoms with Gasteiger partial charge < -0.3 is 15.5 Å². The monoisotopic (exact) mass is 413 g/mol. The van der Waals surface area contributed by atoms with Gasteiger partial charge in [-0.25, -0.2) is 4.98 Å². The van der Waals surface area contributed by atoms with Gasteiger partial charge in [0.25, 0.3) is 5.91 Å². The molecule has 1 aliphatic heterocycles. The van der Waals surface area contributed by atoms with Gasteiger partial charge in [-0.1, -0.05) is 24.3 Å². The topological polar surface area (TPSA) is 70.2 Å². The number of fused-ring (bicyclic) bond motifs is 1. The Bertz CT molecular complexity index is 1030. The summed E-state index contributed by atoms with van der Waals surface area (Å²) >= 11 is 0. The summed E-state index contributed by atoms with van der Waals surface area (Å²) < 4.78 is 0. The minimum Gasteiger partial charge on any atom is -0.371 e. The first-order valence-corrected chi connectivity index (χ1v) is 11.0. The smallest absolute Gasteiger partial charge is 0.275 e. The maximum Gasteiger partial charge on any atom is 0.275 e. The number of nitrogens with zero attached hydrogens (tertiary/aromatic N) is 3. The van der Waals surface area contributed by atoms with E-state index in [1.807, 2.05) is 12.1 Å². The SMILES string of the molecule is O=C(Nc1ccc(N2CCC(NC3CCc4ccccc43)CC2)cc1)c1cnccn1. The molecular formula is C25H27N5O. The zero-order valence-electron chi connectivity index (χ0n) is 17.5. The van der Waals surface area contributed by atoms with Gasteiger partial charge in [-0.05, 0) is 61.1 Å². The molecule has 1 fully saturated rings. The van der Waals surface area contributed by atoms with Crippen molar-refractivity contribution in [2.45, 2.75) is 37.8 Å². The molecule has 0 radical (unpaired) electrons. The van der Waals surface area contributed by atoms with Gasteiger partial charge in [-0.2, -0.15) is 0 Å². The summed E-state index contributed by atoms with van der Waals surface area (Å²) in [5.74, 6) is -0.249. The molecule has 1 aromatic heterocycles. The Morgan fingerprint density at radius 3 is 2.55 bits per heavy atom. The number of rotatable bonds is 5. The Morgan fingerprint density at radius 2 is 1.77 bits per heavy atom. The van der Waals surface area contributed by atoms with Crippen LogP contribution in [0.5, 0.6) is 0 Å². The van der Waals surface area contributed by atoms with Crippen LogP contribution in [0.15, 0.2) is 67.1 Å². The summed E-state index contributed by atoms with van der Waals surface area (Å²) in [5, 5.41) is 6.78. The second-order valence-electron chi connectivity index (χ2n) is 8.31. The van der Waals surface area contributed by atoms with Crippen LogP contribution in [-0.4, -0.2) is 35.0 Å². The van der Waals surface area contributed by atoms with E-state index in [1.54, 1.807) is 6.20 Å².